The number of hydrogen-bond acceptors (Lipinski definition) is 2. The maximum Gasteiger partial charge on any atom is 0.169 e. The fraction of sp³-hybridized carbons (Fsp3) is 0.636. The van der Waals surface area contributed by atoms with Crippen LogP contribution >= 0.6 is 15.9 Å². The molecule has 1 N–H and O–H groups in total. The first-order valence-corrected chi connectivity index (χ1v) is 5.98. The first-order chi connectivity index (χ1) is 6.77. The second-order valence-electron chi connectivity index (χ2n) is 4.03. The average molecular weight is 259 g/mol. The highest BCUT2D eigenvalue weighted by molar-refractivity contribution is 9.10. The lowest BCUT2D eigenvalue weighted by Crippen LogP contribution is -2.15. The van der Waals surface area contributed by atoms with Crippen LogP contribution in [0.4, 0.5) is 0 Å². The van der Waals surface area contributed by atoms with Gasteiger partial charge in [0.2, 0.25) is 0 Å². The maximum absolute atomic E-state index is 10.1. The van der Waals surface area contributed by atoms with Crippen molar-refractivity contribution < 1.29 is 9.52 Å². The van der Waals surface area contributed by atoms with Crippen molar-refractivity contribution in [3.63, 3.8) is 0 Å². The summed E-state index contributed by atoms with van der Waals surface area (Å²) in [5.41, 5.74) is 0.906. The van der Waals surface area contributed by atoms with Crippen LogP contribution in [0.1, 0.15) is 43.8 Å². The Balaban J connectivity index is 2.03. The summed E-state index contributed by atoms with van der Waals surface area (Å²) < 4.78 is 5.83. The van der Waals surface area contributed by atoms with Gasteiger partial charge in [0, 0.05) is 5.56 Å². The standard InChI is InChI=1S/C11H15BrO2/c12-10-6-9(7-14-10)11(13)8-4-2-1-3-5-8/h6-8,11,13H,1-5H2. The zero-order valence-electron chi connectivity index (χ0n) is 8.08. The molecule has 1 unspecified atom stereocenters. The van der Waals surface area contributed by atoms with Crippen molar-refractivity contribution in [3.8, 4) is 0 Å². The van der Waals surface area contributed by atoms with Crippen molar-refractivity contribution in [2.45, 2.75) is 38.2 Å². The minimum atomic E-state index is -0.342. The van der Waals surface area contributed by atoms with E-state index >= 15 is 0 Å². The third-order valence-corrected chi connectivity index (χ3v) is 3.44. The Morgan fingerprint density at radius 3 is 2.64 bits per heavy atom. The molecule has 0 bridgehead atoms. The van der Waals surface area contributed by atoms with Gasteiger partial charge >= 0.3 is 0 Å². The van der Waals surface area contributed by atoms with Crippen LogP contribution in [-0.2, 0) is 0 Å². The lowest BCUT2D eigenvalue weighted by atomic mass is 9.83. The predicted molar refractivity (Wildman–Crippen MR) is 57.9 cm³/mol. The van der Waals surface area contributed by atoms with E-state index < -0.39 is 0 Å². The van der Waals surface area contributed by atoms with E-state index in [-0.39, 0.29) is 6.10 Å². The normalized spacial score (nSPS) is 21.0. The van der Waals surface area contributed by atoms with Gasteiger partial charge in [-0.1, -0.05) is 19.3 Å². The average Bonchev–Trinajstić information content (AvgIpc) is 2.65. The zero-order chi connectivity index (χ0) is 9.97. The van der Waals surface area contributed by atoms with E-state index in [1.807, 2.05) is 6.07 Å². The molecule has 0 spiro atoms. The Bertz CT molecular complexity index is 289. The van der Waals surface area contributed by atoms with Crippen molar-refractivity contribution in [2.75, 3.05) is 0 Å². The number of aliphatic hydroxyl groups is 1. The van der Waals surface area contributed by atoms with Gasteiger partial charge in [0.15, 0.2) is 4.67 Å². The van der Waals surface area contributed by atoms with E-state index in [0.29, 0.717) is 10.6 Å². The molecule has 1 aliphatic carbocycles. The lowest BCUT2D eigenvalue weighted by Gasteiger charge is -2.25. The highest BCUT2D eigenvalue weighted by Crippen LogP contribution is 2.35. The minimum Gasteiger partial charge on any atom is -0.457 e. The molecule has 0 radical (unpaired) electrons. The molecule has 0 aromatic carbocycles. The van der Waals surface area contributed by atoms with Crippen LogP contribution in [0.2, 0.25) is 0 Å². The second-order valence-corrected chi connectivity index (χ2v) is 4.81. The van der Waals surface area contributed by atoms with Crippen molar-refractivity contribution in [1.29, 1.82) is 0 Å². The summed E-state index contributed by atoms with van der Waals surface area (Å²) in [6.07, 6.45) is 7.40. The van der Waals surface area contributed by atoms with Crippen LogP contribution in [0.3, 0.4) is 0 Å². The number of halogens is 1. The molecule has 2 rings (SSSR count). The van der Waals surface area contributed by atoms with Gasteiger partial charge in [-0.2, -0.15) is 0 Å². The molecule has 1 heterocycles. The van der Waals surface area contributed by atoms with Crippen molar-refractivity contribution in [3.05, 3.63) is 22.6 Å². The third-order valence-electron chi connectivity index (χ3n) is 3.03. The molecule has 3 heteroatoms. The molecule has 0 saturated heterocycles. The van der Waals surface area contributed by atoms with Crippen molar-refractivity contribution >= 4 is 15.9 Å². The van der Waals surface area contributed by atoms with Crippen LogP contribution in [0.25, 0.3) is 0 Å². The largest absolute Gasteiger partial charge is 0.457 e. The Morgan fingerprint density at radius 2 is 2.07 bits per heavy atom. The quantitative estimate of drug-likeness (QED) is 0.879. The minimum absolute atomic E-state index is 0.342. The molecule has 0 aliphatic heterocycles. The van der Waals surface area contributed by atoms with Crippen molar-refractivity contribution in [1.82, 2.24) is 0 Å². The molecule has 14 heavy (non-hydrogen) atoms. The number of hydrogen-bond donors (Lipinski definition) is 1. The fourth-order valence-electron chi connectivity index (χ4n) is 2.20. The van der Waals surface area contributed by atoms with Gasteiger partial charge in [0.05, 0.1) is 12.4 Å². The van der Waals surface area contributed by atoms with Crippen LogP contribution in [0.5, 0.6) is 0 Å². The third kappa shape index (κ3) is 2.20. The molecular formula is C11H15BrO2. The summed E-state index contributed by atoms with van der Waals surface area (Å²) in [5, 5.41) is 10.1. The first kappa shape index (κ1) is 10.2. The zero-order valence-corrected chi connectivity index (χ0v) is 9.66. The summed E-state index contributed by atoms with van der Waals surface area (Å²) in [4.78, 5) is 0. The smallest absolute Gasteiger partial charge is 0.169 e. The number of rotatable bonds is 2. The van der Waals surface area contributed by atoms with Gasteiger partial charge < -0.3 is 9.52 Å². The Morgan fingerprint density at radius 1 is 1.36 bits per heavy atom. The molecule has 2 nitrogen and oxygen atoms in total. The van der Waals surface area contributed by atoms with Crippen molar-refractivity contribution in [2.24, 2.45) is 5.92 Å². The molecule has 78 valence electrons. The van der Waals surface area contributed by atoms with E-state index in [9.17, 15) is 5.11 Å². The molecule has 1 aliphatic rings. The maximum atomic E-state index is 10.1. The van der Waals surface area contributed by atoms with E-state index in [0.717, 1.165) is 18.4 Å². The second kappa shape index (κ2) is 4.49. The van der Waals surface area contributed by atoms with Crippen LogP contribution in [0, 0.1) is 5.92 Å². The summed E-state index contributed by atoms with van der Waals surface area (Å²) in [6, 6.07) is 1.86. The topological polar surface area (TPSA) is 33.4 Å². The van der Waals surface area contributed by atoms with Gasteiger partial charge in [-0.25, -0.2) is 0 Å². The SMILES string of the molecule is OC(c1coc(Br)c1)C1CCCCC1. The molecule has 0 amide bonds. The van der Waals surface area contributed by atoms with E-state index in [4.69, 9.17) is 4.42 Å². The van der Waals surface area contributed by atoms with E-state index in [1.54, 1.807) is 6.26 Å². The molecule has 1 aromatic heterocycles. The van der Waals surface area contributed by atoms with Gasteiger partial charge in [-0.05, 0) is 40.8 Å². The number of furan rings is 1. The highest BCUT2D eigenvalue weighted by atomic mass is 79.9. The lowest BCUT2D eigenvalue weighted by molar-refractivity contribution is 0.0843. The molecule has 1 fully saturated rings. The Labute approximate surface area is 92.4 Å². The van der Waals surface area contributed by atoms with Gasteiger partial charge in [0.1, 0.15) is 0 Å². The predicted octanol–water partition coefficient (Wildman–Crippen LogP) is 3.66. The van der Waals surface area contributed by atoms with E-state index in [2.05, 4.69) is 15.9 Å². The summed E-state index contributed by atoms with van der Waals surface area (Å²) in [6.45, 7) is 0. The van der Waals surface area contributed by atoms with Gasteiger partial charge in [0.25, 0.3) is 0 Å². The molecule has 1 atom stereocenters. The Kier molecular flexibility index (Phi) is 3.29. The van der Waals surface area contributed by atoms with Crippen LogP contribution in [-0.4, -0.2) is 5.11 Å². The van der Waals surface area contributed by atoms with E-state index in [1.165, 1.54) is 19.3 Å². The summed E-state index contributed by atoms with van der Waals surface area (Å²) in [7, 11) is 0. The van der Waals surface area contributed by atoms with Crippen LogP contribution < -0.4 is 0 Å². The molecule has 1 saturated carbocycles. The fourth-order valence-corrected chi connectivity index (χ4v) is 2.56. The van der Waals surface area contributed by atoms with Gasteiger partial charge in [-0.15, -0.1) is 0 Å². The number of aliphatic hydroxyl groups excluding tert-OH is 1. The summed E-state index contributed by atoms with van der Waals surface area (Å²) in [5.74, 6) is 0.424. The monoisotopic (exact) mass is 258 g/mol. The van der Waals surface area contributed by atoms with Crippen LogP contribution in [0.15, 0.2) is 21.4 Å². The summed E-state index contributed by atoms with van der Waals surface area (Å²) >= 11 is 3.25. The Hall–Kier alpha value is -0.280. The molecule has 1 aromatic rings. The first-order valence-electron chi connectivity index (χ1n) is 5.19. The highest BCUT2D eigenvalue weighted by Gasteiger charge is 2.24. The molecular weight excluding hydrogens is 244 g/mol. The van der Waals surface area contributed by atoms with Gasteiger partial charge in [-0.3, -0.25) is 0 Å².